The topological polar surface area (TPSA) is 46.5 Å². The fraction of sp³-hybridized carbons (Fsp3) is 0.696. The molecule has 0 fully saturated rings. The molecule has 0 spiro atoms. The molecule has 1 aromatic rings. The number of unbranched alkanes of at least 4 members (excludes halogenated alkanes) is 10. The van der Waals surface area contributed by atoms with Crippen LogP contribution in [-0.4, -0.2) is 17.7 Å². The molecule has 1 rings (SSSR count). The summed E-state index contributed by atoms with van der Waals surface area (Å²) in [5.41, 5.74) is 0.493. The van der Waals surface area contributed by atoms with E-state index in [1.165, 1.54) is 76.3 Å². The number of ether oxygens (including phenoxy) is 1. The maximum Gasteiger partial charge on any atom is 0.338 e. The molecule has 0 aromatic heterocycles. The third-order valence-corrected chi connectivity index (χ3v) is 4.76. The summed E-state index contributed by atoms with van der Waals surface area (Å²) in [4.78, 5) is 11.8. The lowest BCUT2D eigenvalue weighted by atomic mass is 10.0. The summed E-state index contributed by atoms with van der Waals surface area (Å²) in [7, 11) is 0. The number of rotatable bonds is 15. The van der Waals surface area contributed by atoms with Gasteiger partial charge in [-0.2, -0.15) is 0 Å². The molecule has 0 saturated heterocycles. The van der Waals surface area contributed by atoms with Crippen molar-refractivity contribution in [1.82, 2.24) is 0 Å². The van der Waals surface area contributed by atoms with Gasteiger partial charge in [0.1, 0.15) is 5.75 Å². The molecule has 0 atom stereocenters. The first-order valence-electron chi connectivity index (χ1n) is 10.6. The van der Waals surface area contributed by atoms with E-state index in [1.807, 2.05) is 0 Å². The highest BCUT2D eigenvalue weighted by molar-refractivity contribution is 5.89. The van der Waals surface area contributed by atoms with Crippen LogP contribution in [-0.2, 0) is 4.74 Å². The van der Waals surface area contributed by atoms with Gasteiger partial charge in [-0.15, -0.1) is 0 Å². The van der Waals surface area contributed by atoms with Crippen molar-refractivity contribution in [2.24, 2.45) is 5.92 Å². The van der Waals surface area contributed by atoms with Crippen LogP contribution in [0.5, 0.6) is 5.75 Å². The molecule has 0 heterocycles. The second-order valence-electron chi connectivity index (χ2n) is 7.75. The van der Waals surface area contributed by atoms with Crippen LogP contribution in [0.3, 0.4) is 0 Å². The maximum absolute atomic E-state index is 11.8. The van der Waals surface area contributed by atoms with Crippen LogP contribution in [0, 0.1) is 5.92 Å². The zero-order valence-electron chi connectivity index (χ0n) is 16.8. The minimum Gasteiger partial charge on any atom is -0.508 e. The van der Waals surface area contributed by atoms with E-state index in [-0.39, 0.29) is 11.7 Å². The maximum atomic E-state index is 11.8. The van der Waals surface area contributed by atoms with Crippen LogP contribution in [0.25, 0.3) is 0 Å². The Labute approximate surface area is 160 Å². The van der Waals surface area contributed by atoms with Crippen molar-refractivity contribution in [3.8, 4) is 5.75 Å². The van der Waals surface area contributed by atoms with Gasteiger partial charge in [-0.1, -0.05) is 84.5 Å². The molecule has 148 valence electrons. The van der Waals surface area contributed by atoms with Gasteiger partial charge in [0.05, 0.1) is 12.2 Å². The van der Waals surface area contributed by atoms with Crippen molar-refractivity contribution >= 4 is 5.97 Å². The molecule has 0 unspecified atom stereocenters. The quantitative estimate of drug-likeness (QED) is 0.273. The Kier molecular flexibility index (Phi) is 12.7. The normalized spacial score (nSPS) is 11.0. The van der Waals surface area contributed by atoms with E-state index in [0.717, 1.165) is 18.8 Å². The average Bonchev–Trinajstić information content (AvgIpc) is 2.62. The second-order valence-corrected chi connectivity index (χ2v) is 7.75. The minimum absolute atomic E-state index is 0.160. The molecule has 0 radical (unpaired) electrons. The highest BCUT2D eigenvalue weighted by atomic mass is 16.5. The van der Waals surface area contributed by atoms with Crippen molar-refractivity contribution in [3.63, 3.8) is 0 Å². The summed E-state index contributed by atoms with van der Waals surface area (Å²) in [6.07, 6.45) is 15.6. The summed E-state index contributed by atoms with van der Waals surface area (Å²) < 4.78 is 5.25. The summed E-state index contributed by atoms with van der Waals surface area (Å²) in [5.74, 6) is 0.706. The lowest BCUT2D eigenvalue weighted by Crippen LogP contribution is -2.06. The number of carbonyl (C=O) groups is 1. The molecule has 0 bridgehead atoms. The Hall–Kier alpha value is -1.51. The van der Waals surface area contributed by atoms with Crippen LogP contribution >= 0.6 is 0 Å². The van der Waals surface area contributed by atoms with E-state index in [1.54, 1.807) is 12.1 Å². The molecule has 0 aliphatic carbocycles. The van der Waals surface area contributed by atoms with Gasteiger partial charge in [0.2, 0.25) is 0 Å². The largest absolute Gasteiger partial charge is 0.508 e. The van der Waals surface area contributed by atoms with E-state index in [4.69, 9.17) is 4.74 Å². The molecular formula is C23H38O3. The second kappa shape index (κ2) is 14.6. The summed E-state index contributed by atoms with van der Waals surface area (Å²) in [6.45, 7) is 5.09. The van der Waals surface area contributed by atoms with E-state index < -0.39 is 0 Å². The molecule has 1 N–H and O–H groups in total. The van der Waals surface area contributed by atoms with Crippen LogP contribution in [0.2, 0.25) is 0 Å². The van der Waals surface area contributed by atoms with Crippen molar-refractivity contribution in [3.05, 3.63) is 29.8 Å². The number of phenolic OH excluding ortho intramolecular Hbond substituents is 1. The number of phenols is 1. The Morgan fingerprint density at radius 1 is 0.808 bits per heavy atom. The lowest BCUT2D eigenvalue weighted by Gasteiger charge is -2.06. The molecule has 3 nitrogen and oxygen atoms in total. The number of carbonyl (C=O) groups excluding carboxylic acids is 1. The molecule has 26 heavy (non-hydrogen) atoms. The first-order valence-corrected chi connectivity index (χ1v) is 10.6. The molecular weight excluding hydrogens is 324 g/mol. The summed E-state index contributed by atoms with van der Waals surface area (Å²) in [5, 5.41) is 9.20. The van der Waals surface area contributed by atoms with Gasteiger partial charge < -0.3 is 9.84 Å². The van der Waals surface area contributed by atoms with Gasteiger partial charge in [-0.25, -0.2) is 4.79 Å². The van der Waals surface area contributed by atoms with Crippen LogP contribution in [0.15, 0.2) is 24.3 Å². The third kappa shape index (κ3) is 11.9. The minimum atomic E-state index is -0.307. The highest BCUT2D eigenvalue weighted by Gasteiger charge is 2.06. The van der Waals surface area contributed by atoms with Crippen LogP contribution in [0.4, 0.5) is 0 Å². The molecule has 0 amide bonds. The first-order chi connectivity index (χ1) is 12.6. The van der Waals surface area contributed by atoms with Crippen molar-refractivity contribution in [2.75, 3.05) is 6.61 Å². The molecule has 0 saturated carbocycles. The number of hydrogen-bond donors (Lipinski definition) is 1. The Morgan fingerprint density at radius 3 is 1.77 bits per heavy atom. The Bertz CT molecular complexity index is 465. The van der Waals surface area contributed by atoms with E-state index in [2.05, 4.69) is 13.8 Å². The van der Waals surface area contributed by atoms with Crippen molar-refractivity contribution in [1.29, 1.82) is 0 Å². The standard InChI is InChI=1S/C23H38O3/c1-20(2)14-12-10-8-6-4-3-5-7-9-11-13-19-26-23(25)21-15-17-22(24)18-16-21/h15-18,20,24H,3-14,19H2,1-2H3. The highest BCUT2D eigenvalue weighted by Crippen LogP contribution is 2.14. The van der Waals surface area contributed by atoms with Gasteiger partial charge >= 0.3 is 5.97 Å². The van der Waals surface area contributed by atoms with E-state index >= 15 is 0 Å². The number of aromatic hydroxyl groups is 1. The number of hydrogen-bond acceptors (Lipinski definition) is 3. The Balaban J connectivity index is 1.83. The number of benzene rings is 1. The van der Waals surface area contributed by atoms with Gasteiger partial charge in [-0.3, -0.25) is 0 Å². The van der Waals surface area contributed by atoms with Gasteiger partial charge in [0, 0.05) is 0 Å². The zero-order chi connectivity index (χ0) is 19.0. The monoisotopic (exact) mass is 362 g/mol. The van der Waals surface area contributed by atoms with E-state index in [9.17, 15) is 9.90 Å². The van der Waals surface area contributed by atoms with Gasteiger partial charge in [0.25, 0.3) is 0 Å². The average molecular weight is 363 g/mol. The molecule has 0 aliphatic rings. The smallest absolute Gasteiger partial charge is 0.338 e. The first kappa shape index (κ1) is 22.5. The zero-order valence-corrected chi connectivity index (χ0v) is 16.8. The van der Waals surface area contributed by atoms with Crippen molar-refractivity contribution < 1.29 is 14.6 Å². The summed E-state index contributed by atoms with van der Waals surface area (Å²) >= 11 is 0. The molecule has 3 heteroatoms. The lowest BCUT2D eigenvalue weighted by molar-refractivity contribution is 0.0497. The number of esters is 1. The molecule has 1 aromatic carbocycles. The predicted octanol–water partition coefficient (Wildman–Crippen LogP) is 6.89. The van der Waals surface area contributed by atoms with E-state index in [0.29, 0.717) is 12.2 Å². The van der Waals surface area contributed by atoms with Crippen LogP contribution < -0.4 is 0 Å². The fourth-order valence-corrected chi connectivity index (χ4v) is 3.09. The molecule has 0 aliphatic heterocycles. The third-order valence-electron chi connectivity index (χ3n) is 4.76. The SMILES string of the molecule is CC(C)CCCCCCCCCCCCCOC(=O)c1ccc(O)cc1. The van der Waals surface area contributed by atoms with Gasteiger partial charge in [0.15, 0.2) is 0 Å². The van der Waals surface area contributed by atoms with Crippen LogP contribution in [0.1, 0.15) is 101 Å². The fourth-order valence-electron chi connectivity index (χ4n) is 3.09. The summed E-state index contributed by atoms with van der Waals surface area (Å²) in [6, 6.07) is 6.18. The Morgan fingerprint density at radius 2 is 1.27 bits per heavy atom. The van der Waals surface area contributed by atoms with Gasteiger partial charge in [-0.05, 0) is 36.6 Å². The van der Waals surface area contributed by atoms with Crippen molar-refractivity contribution in [2.45, 2.75) is 90.9 Å². The predicted molar refractivity (Wildman–Crippen MR) is 109 cm³/mol.